The summed E-state index contributed by atoms with van der Waals surface area (Å²) in [6.07, 6.45) is 101. The van der Waals surface area contributed by atoms with Crippen LogP contribution in [0.2, 0.25) is 0 Å². The maximum atomic E-state index is 12.8. The highest BCUT2D eigenvalue weighted by Crippen LogP contribution is 2.18. The third-order valence-electron chi connectivity index (χ3n) is 19.6. The number of aliphatic hydroxyl groups excluding tert-OH is 1. The number of allylic oxidation sites excluding steroid dienone is 10. The first kappa shape index (κ1) is 102. The van der Waals surface area contributed by atoms with Gasteiger partial charge in [-0.3, -0.25) is 19.2 Å². The molecule has 0 aliphatic heterocycles. The molecule has 0 aliphatic rings. The van der Waals surface area contributed by atoms with Gasteiger partial charge >= 0.3 is 23.9 Å². The first-order chi connectivity index (χ1) is 50.8. The average Bonchev–Trinajstić information content (AvgIpc) is 1.29. The van der Waals surface area contributed by atoms with Crippen LogP contribution in [0.15, 0.2) is 60.8 Å². The molecule has 0 saturated heterocycles. The van der Waals surface area contributed by atoms with Gasteiger partial charge in [0.2, 0.25) is 0 Å². The van der Waals surface area contributed by atoms with E-state index in [9.17, 15) is 24.3 Å². The Kier molecular flexibility index (Phi) is 89.6. The second-order valence-corrected chi connectivity index (χ2v) is 30.1. The summed E-state index contributed by atoms with van der Waals surface area (Å²) < 4.78 is 28.0. The van der Waals surface area contributed by atoms with Crippen molar-refractivity contribution in [3.63, 3.8) is 0 Å². The van der Waals surface area contributed by atoms with E-state index in [1.54, 1.807) is 0 Å². The van der Waals surface area contributed by atoms with Crippen LogP contribution in [0.4, 0.5) is 0 Å². The van der Waals surface area contributed by atoms with E-state index < -0.39 is 12.2 Å². The fourth-order valence-electron chi connectivity index (χ4n) is 12.7. The lowest BCUT2D eigenvalue weighted by Crippen LogP contribution is -2.30. The molecule has 10 heteroatoms. The van der Waals surface area contributed by atoms with Crippen LogP contribution in [0.5, 0.6) is 0 Å². The highest BCUT2D eigenvalue weighted by molar-refractivity contribution is 5.71. The van der Waals surface area contributed by atoms with Gasteiger partial charge in [0.05, 0.1) is 13.2 Å². The van der Waals surface area contributed by atoms with Crippen molar-refractivity contribution < 1.29 is 48.0 Å². The first-order valence-corrected chi connectivity index (χ1v) is 44.9. The molecule has 0 saturated carbocycles. The minimum Gasteiger partial charge on any atom is -0.462 e. The van der Waals surface area contributed by atoms with Gasteiger partial charge in [-0.25, -0.2) is 0 Å². The number of esters is 4. The summed E-state index contributed by atoms with van der Waals surface area (Å²) in [5.41, 5.74) is 0. The number of carbonyl (C=O) groups is 4. The molecule has 10 nitrogen and oxygen atoms in total. The third-order valence-corrected chi connectivity index (χ3v) is 19.6. The van der Waals surface area contributed by atoms with E-state index in [0.717, 1.165) is 122 Å². The number of hydrogen-bond donors (Lipinski definition) is 1. The Bertz CT molecular complexity index is 1870. The molecule has 0 fully saturated rings. The first-order valence-electron chi connectivity index (χ1n) is 44.9. The molecule has 0 aromatic heterocycles. The third kappa shape index (κ3) is 89.0. The molecule has 2 atom stereocenters. The monoisotopic (exact) mass is 1450 g/mol. The van der Waals surface area contributed by atoms with Crippen LogP contribution < -0.4 is 0 Å². The molecule has 0 heterocycles. The van der Waals surface area contributed by atoms with Gasteiger partial charge in [0, 0.05) is 32.3 Å². The normalized spacial score (nSPS) is 12.4. The van der Waals surface area contributed by atoms with Crippen LogP contribution in [0.1, 0.15) is 465 Å². The molecule has 604 valence electrons. The fraction of sp³-hybridized carbons (Fsp3) is 0.849. The van der Waals surface area contributed by atoms with Gasteiger partial charge in [-0.1, -0.05) is 339 Å². The van der Waals surface area contributed by atoms with Gasteiger partial charge in [-0.2, -0.15) is 0 Å². The lowest BCUT2D eigenvalue weighted by Gasteiger charge is -2.18. The number of aliphatic hydroxyl groups is 1. The van der Waals surface area contributed by atoms with Crippen molar-refractivity contribution in [1.29, 1.82) is 0 Å². The summed E-state index contributed by atoms with van der Waals surface area (Å²) in [5, 5.41) is 9.53. The van der Waals surface area contributed by atoms with Crippen LogP contribution in [0.25, 0.3) is 0 Å². The largest absolute Gasteiger partial charge is 0.462 e. The van der Waals surface area contributed by atoms with Crippen molar-refractivity contribution in [2.75, 3.05) is 33.0 Å². The molecule has 0 aliphatic carbocycles. The van der Waals surface area contributed by atoms with Crippen molar-refractivity contribution in [2.24, 2.45) is 0 Å². The summed E-state index contributed by atoms with van der Waals surface area (Å²) in [7, 11) is 0. The van der Waals surface area contributed by atoms with Crippen molar-refractivity contribution in [3.05, 3.63) is 60.8 Å². The van der Waals surface area contributed by atoms with E-state index in [4.69, 9.17) is 23.7 Å². The summed E-state index contributed by atoms with van der Waals surface area (Å²) in [4.78, 5) is 49.6. The number of unbranched alkanes of at least 4 members (excludes halogenated alkanes) is 53. The molecule has 0 amide bonds. The van der Waals surface area contributed by atoms with Crippen LogP contribution in [0, 0.1) is 0 Å². The quantitative estimate of drug-likeness (QED) is 0.0271. The van der Waals surface area contributed by atoms with Gasteiger partial charge in [-0.05, 0) is 161 Å². The molecule has 103 heavy (non-hydrogen) atoms. The van der Waals surface area contributed by atoms with E-state index in [1.807, 2.05) is 0 Å². The standard InChI is InChI=1S/C54H100O5.C39H72O5/c1-4-7-10-13-16-19-22-25-28-30-33-36-39-42-45-48-54(56)59-52(50-57-49-46-43-40-37-34-31-27-24-21-18-15-12-9-6-3)51-58-53(55)47-44-41-38-35-32-29-26-23-20-17-14-11-8-5-2;1-3-5-7-9-11-13-15-17-19-21-23-25-27-29-31-33-38(41)43-36-37(35-40)44-39(42)34-32-30-28-26-24-22-20-18-16-14-12-10-8-6-4-2/h23,25-28,31,52H,4-22,24,29-30,32-51H2,1-3H3;17-20,37,40H,3-16,21-36H2,1-2H3/b26-23-,28-25-,31-27-;19-17-,20-18-. The molecule has 0 aromatic carbocycles. The van der Waals surface area contributed by atoms with Crippen molar-refractivity contribution >= 4 is 23.9 Å². The Morgan fingerprint density at radius 3 is 0.670 bits per heavy atom. The van der Waals surface area contributed by atoms with Gasteiger partial charge in [-0.15, -0.1) is 0 Å². The highest BCUT2D eigenvalue weighted by atomic mass is 16.6. The molecule has 0 radical (unpaired) electrons. The zero-order valence-electron chi connectivity index (χ0n) is 69.0. The van der Waals surface area contributed by atoms with Gasteiger partial charge in [0.15, 0.2) is 12.2 Å². The van der Waals surface area contributed by atoms with Crippen molar-refractivity contribution in [2.45, 2.75) is 477 Å². The lowest BCUT2D eigenvalue weighted by molar-refractivity contribution is -0.163. The molecule has 0 bridgehead atoms. The Labute approximate surface area is 639 Å². The Morgan fingerprint density at radius 2 is 0.427 bits per heavy atom. The predicted molar refractivity (Wildman–Crippen MR) is 443 cm³/mol. The van der Waals surface area contributed by atoms with Crippen LogP contribution >= 0.6 is 0 Å². The minimum atomic E-state index is -0.774. The van der Waals surface area contributed by atoms with E-state index >= 15 is 0 Å². The van der Waals surface area contributed by atoms with Crippen LogP contribution in [-0.4, -0.2) is 74.2 Å². The zero-order valence-corrected chi connectivity index (χ0v) is 69.0. The smallest absolute Gasteiger partial charge is 0.306 e. The predicted octanol–water partition coefficient (Wildman–Crippen LogP) is 28.9. The maximum Gasteiger partial charge on any atom is 0.306 e. The molecular formula is C93H172O10. The number of hydrogen-bond acceptors (Lipinski definition) is 10. The van der Waals surface area contributed by atoms with Gasteiger partial charge < -0.3 is 28.8 Å². The summed E-state index contributed by atoms with van der Waals surface area (Å²) in [5.74, 6) is -1.02. The van der Waals surface area contributed by atoms with Crippen LogP contribution in [0.3, 0.4) is 0 Å². The van der Waals surface area contributed by atoms with Crippen LogP contribution in [-0.2, 0) is 42.9 Å². The Balaban J connectivity index is 0. The number of rotatable bonds is 82. The van der Waals surface area contributed by atoms with Gasteiger partial charge in [0.1, 0.15) is 13.2 Å². The molecule has 1 N–H and O–H groups in total. The van der Waals surface area contributed by atoms with Crippen molar-refractivity contribution in [3.8, 4) is 0 Å². The van der Waals surface area contributed by atoms with E-state index in [0.29, 0.717) is 32.3 Å². The van der Waals surface area contributed by atoms with Crippen molar-refractivity contribution in [1.82, 2.24) is 0 Å². The fourth-order valence-corrected chi connectivity index (χ4v) is 12.7. The molecule has 0 spiro atoms. The summed E-state index contributed by atoms with van der Waals surface area (Å²) in [6, 6.07) is 0. The molecule has 0 rings (SSSR count). The highest BCUT2D eigenvalue weighted by Gasteiger charge is 2.19. The Morgan fingerprint density at radius 1 is 0.233 bits per heavy atom. The SMILES string of the molecule is CCCCCCC/C=C\CCCCCCCC(=O)OCC(COCCCCCC/C=C\CCCCCCCC)OC(=O)CCCCCCC/C=C\CCCCCCCC.CCCCCCCC/C=C\CCCCCCCC(=O)OCC(CO)OC(=O)CCCCCCC/C=C\CCCCCCCC. The lowest BCUT2D eigenvalue weighted by atomic mass is 10.1. The maximum absolute atomic E-state index is 12.8. The second kappa shape index (κ2) is 90.9. The van der Waals surface area contributed by atoms with E-state index in [-0.39, 0.29) is 50.3 Å². The average molecular weight is 1450 g/mol. The topological polar surface area (TPSA) is 135 Å². The summed E-state index contributed by atoms with van der Waals surface area (Å²) >= 11 is 0. The van der Waals surface area contributed by atoms with Gasteiger partial charge in [0.25, 0.3) is 0 Å². The van der Waals surface area contributed by atoms with E-state index in [1.165, 1.54) is 283 Å². The second-order valence-electron chi connectivity index (χ2n) is 30.1. The minimum absolute atomic E-state index is 0.0709. The summed E-state index contributed by atoms with van der Waals surface area (Å²) in [6.45, 7) is 11.9. The number of ether oxygens (including phenoxy) is 5. The zero-order chi connectivity index (χ0) is 75.0. The van der Waals surface area contributed by atoms with E-state index in [2.05, 4.69) is 95.4 Å². The molecule has 0 aromatic rings. The number of carbonyl (C=O) groups excluding carboxylic acids is 4. The molecular weight excluding hydrogens is 1280 g/mol. The molecule has 2 unspecified atom stereocenters. The Hall–Kier alpha value is -3.50.